The number of nitrogens with zero attached hydrogens (tertiary/aromatic N) is 1. The van der Waals surface area contributed by atoms with Gasteiger partial charge in [0.1, 0.15) is 0 Å². The molecule has 1 unspecified atom stereocenters. The first-order valence-electron chi connectivity index (χ1n) is 3.28. The van der Waals surface area contributed by atoms with Gasteiger partial charge >= 0.3 is 0 Å². The molecule has 0 amide bonds. The van der Waals surface area contributed by atoms with Crippen LogP contribution in [0, 0.1) is 0 Å². The van der Waals surface area contributed by atoms with Crippen LogP contribution >= 0.6 is 0 Å². The molecule has 2 nitrogen and oxygen atoms in total. The van der Waals surface area contributed by atoms with Gasteiger partial charge in [-0.1, -0.05) is 6.92 Å². The lowest BCUT2D eigenvalue weighted by molar-refractivity contribution is -0.167. The van der Waals surface area contributed by atoms with Gasteiger partial charge in [0.05, 0.1) is 0 Å². The highest BCUT2D eigenvalue weighted by atomic mass is 16.5. The maximum atomic E-state index is 10.7. The number of rotatable bonds is 1. The molecule has 1 rings (SSSR count). The van der Waals surface area contributed by atoms with Crippen LogP contribution in [0.3, 0.4) is 0 Å². The van der Waals surface area contributed by atoms with Gasteiger partial charge in [0.15, 0.2) is 0 Å². The highest BCUT2D eigenvalue weighted by Gasteiger charge is 2.21. The first-order valence-corrected chi connectivity index (χ1v) is 3.28. The second kappa shape index (κ2) is 2.46. The minimum atomic E-state index is 0.343. The normalized spacial score (nSPS) is 31.5. The Kier molecular flexibility index (Phi) is 1.86. The van der Waals surface area contributed by atoms with Crippen LogP contribution in [0.15, 0.2) is 0 Å². The van der Waals surface area contributed by atoms with Crippen molar-refractivity contribution in [2.45, 2.75) is 32.2 Å². The van der Waals surface area contributed by atoms with Gasteiger partial charge in [-0.15, -0.1) is 5.21 Å². The molecule has 0 aromatic heterocycles. The molecule has 0 aromatic carbocycles. The molecule has 0 spiro atoms. The Morgan fingerprint density at radius 1 is 1.75 bits per heavy atom. The SMILES string of the molecule is CCC1CCCN1[O]. The number of hydroxylamine groups is 2. The maximum Gasteiger partial charge on any atom is 0.0381 e. The lowest BCUT2D eigenvalue weighted by Crippen LogP contribution is -2.22. The summed E-state index contributed by atoms with van der Waals surface area (Å²) in [5.41, 5.74) is 0. The summed E-state index contributed by atoms with van der Waals surface area (Å²) in [4.78, 5) is 0. The largest absolute Gasteiger partial charge is 0.152 e. The summed E-state index contributed by atoms with van der Waals surface area (Å²) < 4.78 is 0. The molecule has 1 fully saturated rings. The van der Waals surface area contributed by atoms with Crippen molar-refractivity contribution in [2.24, 2.45) is 0 Å². The van der Waals surface area contributed by atoms with Crippen LogP contribution in [-0.4, -0.2) is 17.6 Å². The van der Waals surface area contributed by atoms with E-state index in [-0.39, 0.29) is 0 Å². The Balaban J connectivity index is 2.30. The second-order valence-corrected chi connectivity index (χ2v) is 2.34. The van der Waals surface area contributed by atoms with Crippen molar-refractivity contribution in [1.29, 1.82) is 0 Å². The van der Waals surface area contributed by atoms with E-state index in [1.165, 1.54) is 5.06 Å². The van der Waals surface area contributed by atoms with Crippen molar-refractivity contribution in [1.82, 2.24) is 5.06 Å². The van der Waals surface area contributed by atoms with Crippen molar-refractivity contribution in [3.8, 4) is 0 Å². The molecule has 0 N–H and O–H groups in total. The van der Waals surface area contributed by atoms with E-state index in [9.17, 15) is 5.21 Å². The fourth-order valence-corrected chi connectivity index (χ4v) is 1.22. The van der Waals surface area contributed by atoms with E-state index in [0.29, 0.717) is 6.04 Å². The Morgan fingerprint density at radius 3 is 2.75 bits per heavy atom. The highest BCUT2D eigenvalue weighted by molar-refractivity contribution is 4.70. The topological polar surface area (TPSA) is 23.1 Å². The third kappa shape index (κ3) is 1.01. The van der Waals surface area contributed by atoms with Gasteiger partial charge in [-0.3, -0.25) is 0 Å². The van der Waals surface area contributed by atoms with E-state index in [1.54, 1.807) is 0 Å². The third-order valence-corrected chi connectivity index (χ3v) is 1.79. The lowest BCUT2D eigenvalue weighted by atomic mass is 10.2. The molecule has 1 saturated heterocycles. The van der Waals surface area contributed by atoms with Crippen LogP contribution in [-0.2, 0) is 5.21 Å². The van der Waals surface area contributed by atoms with E-state index >= 15 is 0 Å². The molecule has 1 radical (unpaired) electrons. The first kappa shape index (κ1) is 6.05. The molecule has 0 saturated carbocycles. The summed E-state index contributed by atoms with van der Waals surface area (Å²) in [7, 11) is 0. The molecule has 1 atom stereocenters. The summed E-state index contributed by atoms with van der Waals surface area (Å²) in [5, 5.41) is 11.9. The number of hydrogen-bond donors (Lipinski definition) is 0. The molecule has 0 aromatic rings. The summed E-state index contributed by atoms with van der Waals surface area (Å²) in [6, 6.07) is 0.343. The number of hydrogen-bond acceptors (Lipinski definition) is 1. The van der Waals surface area contributed by atoms with Crippen LogP contribution in [0.2, 0.25) is 0 Å². The minimum Gasteiger partial charge on any atom is -0.152 e. The first-order chi connectivity index (χ1) is 3.84. The van der Waals surface area contributed by atoms with E-state index in [0.717, 1.165) is 25.8 Å². The molecule has 1 heterocycles. The van der Waals surface area contributed by atoms with Crippen LogP contribution in [0.1, 0.15) is 26.2 Å². The third-order valence-electron chi connectivity index (χ3n) is 1.79. The van der Waals surface area contributed by atoms with E-state index < -0.39 is 0 Å². The van der Waals surface area contributed by atoms with E-state index in [1.807, 2.05) is 0 Å². The fraction of sp³-hybridized carbons (Fsp3) is 1.00. The average molecular weight is 114 g/mol. The predicted molar refractivity (Wildman–Crippen MR) is 30.7 cm³/mol. The zero-order chi connectivity index (χ0) is 5.98. The zero-order valence-corrected chi connectivity index (χ0v) is 5.26. The monoisotopic (exact) mass is 114 g/mol. The van der Waals surface area contributed by atoms with Crippen LogP contribution in [0.4, 0.5) is 0 Å². The molecule has 0 bridgehead atoms. The Labute approximate surface area is 50.1 Å². The highest BCUT2D eigenvalue weighted by Crippen LogP contribution is 2.16. The van der Waals surface area contributed by atoms with Gasteiger partial charge in [0, 0.05) is 12.6 Å². The van der Waals surface area contributed by atoms with Gasteiger partial charge in [-0.2, -0.15) is 5.06 Å². The molecular weight excluding hydrogens is 102 g/mol. The maximum absolute atomic E-state index is 10.7. The van der Waals surface area contributed by atoms with Gasteiger partial charge in [0.2, 0.25) is 0 Å². The van der Waals surface area contributed by atoms with Crippen LogP contribution < -0.4 is 0 Å². The smallest absolute Gasteiger partial charge is 0.0381 e. The van der Waals surface area contributed by atoms with Crippen molar-refractivity contribution in [3.63, 3.8) is 0 Å². The average Bonchev–Trinajstić information content (AvgIpc) is 2.14. The second-order valence-electron chi connectivity index (χ2n) is 2.34. The van der Waals surface area contributed by atoms with Crippen molar-refractivity contribution < 1.29 is 5.21 Å². The van der Waals surface area contributed by atoms with Gasteiger partial charge in [-0.25, -0.2) is 0 Å². The standard InChI is InChI=1S/C6H12NO/c1-2-6-4-3-5-7(6)8/h6H,2-5H2,1H3. The molecule has 0 aliphatic carbocycles. The molecule has 2 heteroatoms. The summed E-state index contributed by atoms with van der Waals surface area (Å²) in [5.74, 6) is 0. The Morgan fingerprint density at radius 2 is 2.50 bits per heavy atom. The van der Waals surface area contributed by atoms with Gasteiger partial charge in [-0.05, 0) is 19.3 Å². The quantitative estimate of drug-likeness (QED) is 0.502. The molecule has 1 aliphatic rings. The predicted octanol–water partition coefficient (Wildman–Crippen LogP) is 1.21. The summed E-state index contributed by atoms with van der Waals surface area (Å²) >= 11 is 0. The molecular formula is C6H12NO. The molecule has 1 aliphatic heterocycles. The van der Waals surface area contributed by atoms with Crippen LogP contribution in [0.25, 0.3) is 0 Å². The van der Waals surface area contributed by atoms with Crippen LogP contribution in [0.5, 0.6) is 0 Å². The van der Waals surface area contributed by atoms with E-state index in [2.05, 4.69) is 6.92 Å². The van der Waals surface area contributed by atoms with Crippen molar-refractivity contribution in [2.75, 3.05) is 6.54 Å². The molecule has 47 valence electrons. The minimum absolute atomic E-state index is 0.343. The summed E-state index contributed by atoms with van der Waals surface area (Å²) in [6.07, 6.45) is 3.23. The van der Waals surface area contributed by atoms with Crippen molar-refractivity contribution >= 4 is 0 Å². The van der Waals surface area contributed by atoms with E-state index in [4.69, 9.17) is 0 Å². The Hall–Kier alpha value is -0.0800. The molecule has 8 heavy (non-hydrogen) atoms. The fourth-order valence-electron chi connectivity index (χ4n) is 1.22. The Bertz CT molecular complexity index is 74.9. The van der Waals surface area contributed by atoms with Gasteiger partial charge in [0.25, 0.3) is 0 Å². The summed E-state index contributed by atoms with van der Waals surface area (Å²) in [6.45, 7) is 2.83. The zero-order valence-electron chi connectivity index (χ0n) is 5.26. The lowest BCUT2D eigenvalue weighted by Gasteiger charge is -2.10. The van der Waals surface area contributed by atoms with Crippen molar-refractivity contribution in [3.05, 3.63) is 0 Å². The van der Waals surface area contributed by atoms with Gasteiger partial charge < -0.3 is 0 Å².